The van der Waals surface area contributed by atoms with Crippen LogP contribution in [0.25, 0.3) is 0 Å². The molecule has 0 saturated carbocycles. The Morgan fingerprint density at radius 2 is 2.29 bits per heavy atom. The summed E-state index contributed by atoms with van der Waals surface area (Å²) in [6, 6.07) is 9.12. The van der Waals surface area contributed by atoms with Gasteiger partial charge >= 0.3 is 5.97 Å². The number of H-pyrrole nitrogens is 1. The molecular weight excluding hydrogens is 270 g/mol. The van der Waals surface area contributed by atoms with E-state index in [0.717, 1.165) is 17.8 Å². The molecule has 1 aromatic carbocycles. The summed E-state index contributed by atoms with van der Waals surface area (Å²) in [7, 11) is 0. The molecule has 1 aliphatic rings. The molecule has 0 bridgehead atoms. The fourth-order valence-electron chi connectivity index (χ4n) is 2.65. The molecule has 1 fully saturated rings. The molecule has 1 atom stereocenters. The van der Waals surface area contributed by atoms with Gasteiger partial charge < -0.3 is 9.84 Å². The van der Waals surface area contributed by atoms with E-state index in [9.17, 15) is 9.90 Å². The van der Waals surface area contributed by atoms with Gasteiger partial charge in [0, 0.05) is 19.3 Å². The first-order chi connectivity index (χ1) is 10.3. The first-order valence-electron chi connectivity index (χ1n) is 6.88. The summed E-state index contributed by atoms with van der Waals surface area (Å²) in [4.78, 5) is 13.5. The quantitative estimate of drug-likeness (QED) is 0.894. The number of hydrogen-bond acceptors (Lipinski definition) is 4. The maximum Gasteiger partial charge on any atom is 0.336 e. The van der Waals surface area contributed by atoms with Gasteiger partial charge in [-0.1, -0.05) is 18.2 Å². The van der Waals surface area contributed by atoms with Gasteiger partial charge in [-0.2, -0.15) is 5.10 Å². The highest BCUT2D eigenvalue weighted by Crippen LogP contribution is 2.25. The van der Waals surface area contributed by atoms with Crippen LogP contribution in [0, 0.1) is 0 Å². The lowest BCUT2D eigenvalue weighted by molar-refractivity contribution is -0.0144. The van der Waals surface area contributed by atoms with Crippen LogP contribution in [0.5, 0.6) is 0 Å². The standard InChI is InChI=1S/C15H17N3O3/c19-15(20)12-4-2-1-3-11(12)9-18-7-8-21-10-14(18)13-5-6-16-17-13/h1-6,14H,7-10H2,(H,16,17)(H,19,20)/t14-/m1/s1. The number of morpholine rings is 1. The lowest BCUT2D eigenvalue weighted by atomic mass is 10.0. The highest BCUT2D eigenvalue weighted by molar-refractivity contribution is 5.89. The number of carbonyl (C=O) groups is 1. The summed E-state index contributed by atoms with van der Waals surface area (Å²) in [5.41, 5.74) is 2.16. The summed E-state index contributed by atoms with van der Waals surface area (Å²) in [5.74, 6) is -0.892. The average molecular weight is 287 g/mol. The van der Waals surface area contributed by atoms with Crippen molar-refractivity contribution in [1.29, 1.82) is 0 Å². The van der Waals surface area contributed by atoms with E-state index in [1.165, 1.54) is 0 Å². The van der Waals surface area contributed by atoms with E-state index in [2.05, 4.69) is 15.1 Å². The van der Waals surface area contributed by atoms with E-state index in [1.54, 1.807) is 18.3 Å². The van der Waals surface area contributed by atoms with Crippen molar-refractivity contribution in [2.24, 2.45) is 0 Å². The van der Waals surface area contributed by atoms with Gasteiger partial charge in [0.2, 0.25) is 0 Å². The van der Waals surface area contributed by atoms with Crippen LogP contribution in [-0.2, 0) is 11.3 Å². The third-order valence-electron chi connectivity index (χ3n) is 3.74. The number of rotatable bonds is 4. The zero-order chi connectivity index (χ0) is 14.7. The van der Waals surface area contributed by atoms with Crippen LogP contribution in [0.15, 0.2) is 36.5 Å². The van der Waals surface area contributed by atoms with Crippen LogP contribution < -0.4 is 0 Å². The fraction of sp³-hybridized carbons (Fsp3) is 0.333. The summed E-state index contributed by atoms with van der Waals surface area (Å²) in [5, 5.41) is 16.2. The first kappa shape index (κ1) is 13.8. The number of aromatic nitrogens is 2. The Bertz CT molecular complexity index is 612. The predicted molar refractivity (Wildman–Crippen MR) is 76.0 cm³/mol. The Morgan fingerprint density at radius 3 is 3.05 bits per heavy atom. The lowest BCUT2D eigenvalue weighted by Gasteiger charge is -2.35. The van der Waals surface area contributed by atoms with Crippen molar-refractivity contribution in [2.45, 2.75) is 12.6 Å². The van der Waals surface area contributed by atoms with Crippen LogP contribution in [0.4, 0.5) is 0 Å². The van der Waals surface area contributed by atoms with Gasteiger partial charge in [-0.15, -0.1) is 0 Å². The molecule has 0 amide bonds. The Hall–Kier alpha value is -2.18. The van der Waals surface area contributed by atoms with Crippen molar-refractivity contribution in [1.82, 2.24) is 15.1 Å². The van der Waals surface area contributed by atoms with Crippen LogP contribution in [0.1, 0.15) is 27.7 Å². The Morgan fingerprint density at radius 1 is 1.43 bits per heavy atom. The minimum absolute atomic E-state index is 0.0723. The van der Waals surface area contributed by atoms with Crippen molar-refractivity contribution in [3.63, 3.8) is 0 Å². The number of hydrogen-bond donors (Lipinski definition) is 2. The van der Waals surface area contributed by atoms with E-state index >= 15 is 0 Å². The molecule has 1 aromatic heterocycles. The van der Waals surface area contributed by atoms with Gasteiger partial charge in [0.05, 0.1) is 30.5 Å². The third-order valence-corrected chi connectivity index (χ3v) is 3.74. The van der Waals surface area contributed by atoms with E-state index in [0.29, 0.717) is 25.3 Å². The number of nitrogens with zero attached hydrogens (tertiary/aromatic N) is 2. The zero-order valence-electron chi connectivity index (χ0n) is 11.5. The monoisotopic (exact) mass is 287 g/mol. The Balaban J connectivity index is 1.84. The predicted octanol–water partition coefficient (Wildman–Crippen LogP) is 1.68. The molecule has 0 radical (unpaired) electrons. The van der Waals surface area contributed by atoms with Crippen molar-refractivity contribution < 1.29 is 14.6 Å². The normalized spacial score (nSPS) is 19.5. The van der Waals surface area contributed by atoms with Crippen LogP contribution in [-0.4, -0.2) is 45.9 Å². The number of nitrogens with one attached hydrogen (secondary N) is 1. The fourth-order valence-corrected chi connectivity index (χ4v) is 2.65. The number of ether oxygens (including phenoxy) is 1. The topological polar surface area (TPSA) is 78.4 Å². The minimum Gasteiger partial charge on any atom is -0.478 e. The molecule has 21 heavy (non-hydrogen) atoms. The van der Waals surface area contributed by atoms with E-state index < -0.39 is 5.97 Å². The molecule has 2 aromatic rings. The zero-order valence-corrected chi connectivity index (χ0v) is 11.5. The summed E-state index contributed by atoms with van der Waals surface area (Å²) in [6.45, 7) is 2.57. The smallest absolute Gasteiger partial charge is 0.336 e. The molecule has 6 nitrogen and oxygen atoms in total. The molecule has 2 N–H and O–H groups in total. The van der Waals surface area contributed by atoms with Gasteiger partial charge in [-0.25, -0.2) is 4.79 Å². The average Bonchev–Trinajstić information content (AvgIpc) is 3.02. The number of aromatic amines is 1. The third kappa shape index (κ3) is 2.96. The van der Waals surface area contributed by atoms with Crippen molar-refractivity contribution in [3.8, 4) is 0 Å². The summed E-state index contributed by atoms with van der Waals surface area (Å²) in [6.07, 6.45) is 1.72. The Labute approximate surface area is 122 Å². The van der Waals surface area contributed by atoms with E-state index in [4.69, 9.17) is 4.74 Å². The first-order valence-corrected chi connectivity index (χ1v) is 6.88. The molecule has 0 unspecified atom stereocenters. The second-order valence-corrected chi connectivity index (χ2v) is 5.04. The number of carboxylic acid groups (broad SMARTS) is 1. The maximum atomic E-state index is 11.3. The van der Waals surface area contributed by atoms with E-state index in [-0.39, 0.29) is 6.04 Å². The summed E-state index contributed by atoms with van der Waals surface area (Å²) < 4.78 is 5.55. The van der Waals surface area contributed by atoms with Crippen LogP contribution in [0.3, 0.4) is 0 Å². The molecule has 0 spiro atoms. The molecule has 6 heteroatoms. The molecule has 0 aliphatic carbocycles. The van der Waals surface area contributed by atoms with Gasteiger partial charge in [0.1, 0.15) is 0 Å². The van der Waals surface area contributed by atoms with E-state index in [1.807, 2.05) is 18.2 Å². The second-order valence-electron chi connectivity index (χ2n) is 5.04. The van der Waals surface area contributed by atoms with Gasteiger partial charge in [-0.05, 0) is 17.7 Å². The molecular formula is C15H17N3O3. The highest BCUT2D eigenvalue weighted by Gasteiger charge is 2.26. The van der Waals surface area contributed by atoms with Gasteiger partial charge in [0.15, 0.2) is 0 Å². The van der Waals surface area contributed by atoms with Crippen molar-refractivity contribution in [3.05, 3.63) is 53.3 Å². The molecule has 2 heterocycles. The number of benzene rings is 1. The molecule has 3 rings (SSSR count). The van der Waals surface area contributed by atoms with Crippen molar-refractivity contribution in [2.75, 3.05) is 19.8 Å². The highest BCUT2D eigenvalue weighted by atomic mass is 16.5. The Kier molecular flexibility index (Phi) is 3.98. The molecule has 1 aliphatic heterocycles. The molecule has 110 valence electrons. The SMILES string of the molecule is O=C(O)c1ccccc1CN1CCOC[C@@H]1c1ccn[nH]1. The minimum atomic E-state index is -0.892. The van der Waals surface area contributed by atoms with Crippen LogP contribution in [0.2, 0.25) is 0 Å². The molecule has 1 saturated heterocycles. The maximum absolute atomic E-state index is 11.3. The van der Waals surface area contributed by atoms with Crippen molar-refractivity contribution >= 4 is 5.97 Å². The van der Waals surface area contributed by atoms with Crippen LogP contribution >= 0.6 is 0 Å². The second kappa shape index (κ2) is 6.07. The number of carboxylic acids is 1. The lowest BCUT2D eigenvalue weighted by Crippen LogP contribution is -2.39. The largest absolute Gasteiger partial charge is 0.478 e. The van der Waals surface area contributed by atoms with Gasteiger partial charge in [0.25, 0.3) is 0 Å². The number of aromatic carboxylic acids is 1. The van der Waals surface area contributed by atoms with Gasteiger partial charge in [-0.3, -0.25) is 10.00 Å². The summed E-state index contributed by atoms with van der Waals surface area (Å²) >= 11 is 0.